The highest BCUT2D eigenvalue weighted by Crippen LogP contribution is 2.32. The van der Waals surface area contributed by atoms with Crippen molar-refractivity contribution in [3.05, 3.63) is 33.4 Å². The fraction of sp³-hybridized carbons (Fsp3) is 0.417. The average Bonchev–Trinajstić information content (AvgIpc) is 2.27. The Hall–Kier alpha value is -1.91. The van der Waals surface area contributed by atoms with Crippen molar-refractivity contribution in [1.82, 2.24) is 0 Å². The van der Waals surface area contributed by atoms with Gasteiger partial charge in [-0.3, -0.25) is 14.9 Å². The van der Waals surface area contributed by atoms with Crippen molar-refractivity contribution in [2.45, 2.75) is 32.6 Å². The quantitative estimate of drug-likeness (QED) is 0.631. The molecule has 0 bridgehead atoms. The lowest BCUT2D eigenvalue weighted by molar-refractivity contribution is -0.385. The molecule has 0 atom stereocenters. The number of carbonyl (C=O) groups is 1. The number of nitrogens with one attached hydrogen (secondary N) is 1. The number of amides is 1. The average molecular weight is 234 g/mol. The van der Waals surface area contributed by atoms with Crippen LogP contribution in [0.2, 0.25) is 0 Å². The number of fused-ring (bicyclic) bond motifs is 1. The highest BCUT2D eigenvalue weighted by molar-refractivity contribution is 5.89. The Kier molecular flexibility index (Phi) is 3.08. The van der Waals surface area contributed by atoms with Gasteiger partial charge in [0.2, 0.25) is 5.91 Å². The second-order valence-electron chi connectivity index (χ2n) is 4.28. The molecule has 0 fully saturated rings. The minimum atomic E-state index is -0.366. The van der Waals surface area contributed by atoms with Crippen LogP contribution in [0.25, 0.3) is 0 Å². The predicted molar refractivity (Wildman–Crippen MR) is 64.0 cm³/mol. The first-order valence-corrected chi connectivity index (χ1v) is 5.65. The minimum absolute atomic E-state index is 0.131. The van der Waals surface area contributed by atoms with E-state index in [1.165, 1.54) is 13.0 Å². The van der Waals surface area contributed by atoms with Crippen LogP contribution in [0.5, 0.6) is 0 Å². The van der Waals surface area contributed by atoms with Gasteiger partial charge in [-0.05, 0) is 37.3 Å². The molecule has 90 valence electrons. The van der Waals surface area contributed by atoms with Gasteiger partial charge in [-0.2, -0.15) is 0 Å². The lowest BCUT2D eigenvalue weighted by atomic mass is 9.90. The zero-order valence-corrected chi connectivity index (χ0v) is 9.66. The Balaban J connectivity index is 2.48. The van der Waals surface area contributed by atoms with E-state index in [9.17, 15) is 14.9 Å². The summed E-state index contributed by atoms with van der Waals surface area (Å²) in [6, 6.07) is 3.30. The molecule has 0 saturated heterocycles. The summed E-state index contributed by atoms with van der Waals surface area (Å²) in [6.45, 7) is 1.39. The van der Waals surface area contributed by atoms with Gasteiger partial charge in [0.1, 0.15) is 0 Å². The predicted octanol–water partition coefficient (Wildman–Crippen LogP) is 2.43. The van der Waals surface area contributed by atoms with Crippen LogP contribution in [0.1, 0.15) is 30.9 Å². The van der Waals surface area contributed by atoms with Gasteiger partial charge in [0.15, 0.2) is 0 Å². The van der Waals surface area contributed by atoms with Crippen molar-refractivity contribution in [2.75, 3.05) is 5.32 Å². The van der Waals surface area contributed by atoms with Crippen LogP contribution in [0.3, 0.4) is 0 Å². The molecule has 0 unspecified atom stereocenters. The van der Waals surface area contributed by atoms with E-state index >= 15 is 0 Å². The van der Waals surface area contributed by atoms with E-state index in [1.807, 2.05) is 6.07 Å². The maximum Gasteiger partial charge on any atom is 0.274 e. The van der Waals surface area contributed by atoms with Gasteiger partial charge in [-0.25, -0.2) is 0 Å². The topological polar surface area (TPSA) is 72.2 Å². The third-order valence-corrected chi connectivity index (χ3v) is 2.96. The van der Waals surface area contributed by atoms with Crippen molar-refractivity contribution in [2.24, 2.45) is 0 Å². The van der Waals surface area contributed by atoms with Gasteiger partial charge in [-0.15, -0.1) is 0 Å². The molecule has 1 N–H and O–H groups in total. The molecule has 0 radical (unpaired) electrons. The molecule has 0 spiro atoms. The minimum Gasteiger partial charge on any atom is -0.326 e. The lowest BCUT2D eigenvalue weighted by Crippen LogP contribution is -2.10. The van der Waals surface area contributed by atoms with Gasteiger partial charge in [0, 0.05) is 24.2 Å². The van der Waals surface area contributed by atoms with Gasteiger partial charge in [0.25, 0.3) is 5.69 Å². The first-order valence-electron chi connectivity index (χ1n) is 5.65. The van der Waals surface area contributed by atoms with Crippen LogP contribution < -0.4 is 5.32 Å². The monoisotopic (exact) mass is 234 g/mol. The summed E-state index contributed by atoms with van der Waals surface area (Å²) in [5, 5.41) is 13.6. The normalized spacial score (nSPS) is 13.9. The molecule has 1 aromatic carbocycles. The Morgan fingerprint density at radius 1 is 1.35 bits per heavy atom. The van der Waals surface area contributed by atoms with E-state index < -0.39 is 0 Å². The van der Waals surface area contributed by atoms with Crippen molar-refractivity contribution in [1.29, 1.82) is 0 Å². The molecular formula is C12H14N2O3. The Bertz CT molecular complexity index is 483. The van der Waals surface area contributed by atoms with Gasteiger partial charge in [-0.1, -0.05) is 0 Å². The van der Waals surface area contributed by atoms with Crippen molar-refractivity contribution in [3.8, 4) is 0 Å². The summed E-state index contributed by atoms with van der Waals surface area (Å²) in [5.74, 6) is -0.213. The van der Waals surface area contributed by atoms with Crippen LogP contribution in [-0.2, 0) is 17.6 Å². The van der Waals surface area contributed by atoms with Crippen LogP contribution in [0, 0.1) is 10.1 Å². The van der Waals surface area contributed by atoms with E-state index in [1.54, 1.807) is 0 Å². The SMILES string of the molecule is CC(=O)Nc1cc2c(c([N+](=O)[O-])c1)CCCC2. The number of benzene rings is 1. The summed E-state index contributed by atoms with van der Waals surface area (Å²) >= 11 is 0. The molecule has 1 aromatic rings. The Morgan fingerprint density at radius 3 is 2.71 bits per heavy atom. The molecule has 5 heteroatoms. The maximum absolute atomic E-state index is 11.0. The van der Waals surface area contributed by atoms with Crippen LogP contribution in [-0.4, -0.2) is 10.8 Å². The third kappa shape index (κ3) is 2.43. The molecule has 0 saturated carbocycles. The Labute approximate surface area is 99.0 Å². The molecular weight excluding hydrogens is 220 g/mol. The maximum atomic E-state index is 11.0. The number of hydrogen-bond acceptors (Lipinski definition) is 3. The van der Waals surface area contributed by atoms with Crippen molar-refractivity contribution < 1.29 is 9.72 Å². The molecule has 0 aliphatic heterocycles. The molecule has 5 nitrogen and oxygen atoms in total. The summed E-state index contributed by atoms with van der Waals surface area (Å²) in [4.78, 5) is 21.6. The van der Waals surface area contributed by atoms with Gasteiger partial charge >= 0.3 is 0 Å². The lowest BCUT2D eigenvalue weighted by Gasteiger charge is -2.17. The molecule has 2 rings (SSSR count). The van der Waals surface area contributed by atoms with Crippen molar-refractivity contribution >= 4 is 17.3 Å². The van der Waals surface area contributed by atoms with Crippen LogP contribution >= 0.6 is 0 Å². The van der Waals surface area contributed by atoms with Crippen molar-refractivity contribution in [3.63, 3.8) is 0 Å². The van der Waals surface area contributed by atoms with E-state index in [2.05, 4.69) is 5.32 Å². The van der Waals surface area contributed by atoms with Crippen LogP contribution in [0.4, 0.5) is 11.4 Å². The molecule has 0 heterocycles. The highest BCUT2D eigenvalue weighted by atomic mass is 16.6. The van der Waals surface area contributed by atoms with Gasteiger partial charge in [0.05, 0.1) is 4.92 Å². The van der Waals surface area contributed by atoms with Crippen LogP contribution in [0.15, 0.2) is 12.1 Å². The highest BCUT2D eigenvalue weighted by Gasteiger charge is 2.21. The zero-order valence-electron chi connectivity index (χ0n) is 9.66. The summed E-state index contributed by atoms with van der Waals surface area (Å²) < 4.78 is 0. The number of anilines is 1. The third-order valence-electron chi connectivity index (χ3n) is 2.96. The van der Waals surface area contributed by atoms with E-state index in [0.717, 1.165) is 36.8 Å². The Morgan fingerprint density at radius 2 is 2.06 bits per heavy atom. The zero-order chi connectivity index (χ0) is 12.4. The van der Waals surface area contributed by atoms with E-state index in [0.29, 0.717) is 5.69 Å². The number of aryl methyl sites for hydroxylation is 1. The first-order chi connectivity index (χ1) is 8.08. The summed E-state index contributed by atoms with van der Waals surface area (Å²) in [5.41, 5.74) is 2.47. The molecule has 1 amide bonds. The fourth-order valence-corrected chi connectivity index (χ4v) is 2.28. The molecule has 17 heavy (non-hydrogen) atoms. The van der Waals surface area contributed by atoms with E-state index in [4.69, 9.17) is 0 Å². The standard InChI is InChI=1S/C12H14N2O3/c1-8(15)13-10-6-9-4-2-3-5-11(9)12(7-10)14(16)17/h6-7H,2-5H2,1H3,(H,13,15). The molecule has 1 aliphatic rings. The van der Waals surface area contributed by atoms with Gasteiger partial charge < -0.3 is 5.32 Å². The number of nitrogens with zero attached hydrogens (tertiary/aromatic N) is 1. The summed E-state index contributed by atoms with van der Waals surface area (Å²) in [7, 11) is 0. The number of nitro groups is 1. The number of hydrogen-bond donors (Lipinski definition) is 1. The second-order valence-corrected chi connectivity index (χ2v) is 4.28. The fourth-order valence-electron chi connectivity index (χ4n) is 2.28. The molecule has 0 aromatic heterocycles. The van der Waals surface area contributed by atoms with E-state index in [-0.39, 0.29) is 16.5 Å². The summed E-state index contributed by atoms with van der Waals surface area (Å²) in [6.07, 6.45) is 3.65. The molecule has 1 aliphatic carbocycles. The smallest absolute Gasteiger partial charge is 0.274 e. The first kappa shape index (κ1) is 11.6. The number of nitro benzene ring substituents is 1. The number of rotatable bonds is 2. The largest absolute Gasteiger partial charge is 0.326 e. The second kappa shape index (κ2) is 4.53. The number of carbonyl (C=O) groups excluding carboxylic acids is 1.